The van der Waals surface area contributed by atoms with Gasteiger partial charge in [0.15, 0.2) is 5.13 Å². The number of aliphatic hydroxyl groups excluding tert-OH is 1. The molecule has 5 heteroatoms. The molecule has 62 valence electrons. The molecule has 0 fully saturated rings. The summed E-state index contributed by atoms with van der Waals surface area (Å²) in [5.74, 6) is 0. The molecule has 0 aliphatic heterocycles. The highest BCUT2D eigenvalue weighted by Gasteiger charge is 2.08. The molecular formula is C6H11N3OS. The van der Waals surface area contributed by atoms with Crippen molar-refractivity contribution in [2.75, 3.05) is 19.3 Å². The van der Waals surface area contributed by atoms with Crippen molar-refractivity contribution < 1.29 is 5.11 Å². The highest BCUT2D eigenvalue weighted by Crippen LogP contribution is 2.21. The summed E-state index contributed by atoms with van der Waals surface area (Å²) in [6.45, 7) is 0.529. The van der Waals surface area contributed by atoms with Gasteiger partial charge in [-0.3, -0.25) is 0 Å². The first-order chi connectivity index (χ1) is 5.24. The SMILES string of the molecule is CNCC(O)c1cnc(N)s1. The van der Waals surface area contributed by atoms with Crippen LogP contribution in [0.15, 0.2) is 6.20 Å². The molecule has 0 bridgehead atoms. The van der Waals surface area contributed by atoms with Gasteiger partial charge in [0, 0.05) is 12.7 Å². The first-order valence-electron chi connectivity index (χ1n) is 3.28. The van der Waals surface area contributed by atoms with Crippen molar-refractivity contribution in [2.45, 2.75) is 6.10 Å². The van der Waals surface area contributed by atoms with E-state index in [1.165, 1.54) is 11.3 Å². The van der Waals surface area contributed by atoms with E-state index in [-0.39, 0.29) is 0 Å². The van der Waals surface area contributed by atoms with E-state index in [9.17, 15) is 5.11 Å². The molecule has 11 heavy (non-hydrogen) atoms. The van der Waals surface area contributed by atoms with Crippen LogP contribution in [-0.4, -0.2) is 23.7 Å². The summed E-state index contributed by atoms with van der Waals surface area (Å²) in [5.41, 5.74) is 5.39. The van der Waals surface area contributed by atoms with Crippen LogP contribution in [0.25, 0.3) is 0 Å². The van der Waals surface area contributed by atoms with Crippen LogP contribution < -0.4 is 11.1 Å². The van der Waals surface area contributed by atoms with Gasteiger partial charge in [0.05, 0.1) is 4.88 Å². The molecule has 1 unspecified atom stereocenters. The van der Waals surface area contributed by atoms with Crippen molar-refractivity contribution in [3.8, 4) is 0 Å². The lowest BCUT2D eigenvalue weighted by atomic mass is 10.3. The fourth-order valence-corrected chi connectivity index (χ4v) is 1.42. The van der Waals surface area contributed by atoms with Crippen LogP contribution in [0.1, 0.15) is 11.0 Å². The number of hydrogen-bond donors (Lipinski definition) is 3. The van der Waals surface area contributed by atoms with E-state index in [0.717, 1.165) is 4.88 Å². The minimum atomic E-state index is -0.491. The zero-order valence-corrected chi connectivity index (χ0v) is 7.06. The van der Waals surface area contributed by atoms with E-state index in [0.29, 0.717) is 11.7 Å². The lowest BCUT2D eigenvalue weighted by Gasteiger charge is -2.04. The third-order valence-electron chi connectivity index (χ3n) is 1.27. The molecule has 4 nitrogen and oxygen atoms in total. The van der Waals surface area contributed by atoms with E-state index in [2.05, 4.69) is 10.3 Å². The molecule has 1 aromatic heterocycles. The molecule has 0 saturated heterocycles. The Balaban J connectivity index is 2.60. The molecule has 0 radical (unpaired) electrons. The Labute approximate surface area is 69.1 Å². The normalized spacial score (nSPS) is 13.3. The van der Waals surface area contributed by atoms with Crippen molar-refractivity contribution in [1.29, 1.82) is 0 Å². The number of nitrogens with zero attached hydrogens (tertiary/aromatic N) is 1. The number of aliphatic hydroxyl groups is 1. The minimum absolute atomic E-state index is 0.491. The van der Waals surface area contributed by atoms with Gasteiger partial charge >= 0.3 is 0 Å². The average molecular weight is 173 g/mol. The molecular weight excluding hydrogens is 162 g/mol. The van der Waals surface area contributed by atoms with Crippen molar-refractivity contribution >= 4 is 16.5 Å². The summed E-state index contributed by atoms with van der Waals surface area (Å²) >= 11 is 1.31. The van der Waals surface area contributed by atoms with E-state index >= 15 is 0 Å². The predicted molar refractivity (Wildman–Crippen MR) is 45.4 cm³/mol. The van der Waals surface area contributed by atoms with Crippen LogP contribution in [0.4, 0.5) is 5.13 Å². The zero-order chi connectivity index (χ0) is 8.27. The number of rotatable bonds is 3. The van der Waals surface area contributed by atoms with Gasteiger partial charge in [-0.1, -0.05) is 11.3 Å². The first-order valence-corrected chi connectivity index (χ1v) is 4.09. The van der Waals surface area contributed by atoms with Crippen LogP contribution in [0.5, 0.6) is 0 Å². The third kappa shape index (κ3) is 2.14. The number of hydrogen-bond acceptors (Lipinski definition) is 5. The van der Waals surface area contributed by atoms with E-state index < -0.39 is 6.10 Å². The van der Waals surface area contributed by atoms with Gasteiger partial charge in [-0.15, -0.1) is 0 Å². The number of nitrogens with two attached hydrogens (primary N) is 1. The Hall–Kier alpha value is -0.650. The smallest absolute Gasteiger partial charge is 0.180 e. The van der Waals surface area contributed by atoms with Crippen LogP contribution in [0, 0.1) is 0 Å². The Morgan fingerprint density at radius 2 is 2.64 bits per heavy atom. The molecule has 1 aromatic rings. The first kappa shape index (κ1) is 8.45. The second-order valence-corrected chi connectivity index (χ2v) is 3.27. The minimum Gasteiger partial charge on any atom is -0.386 e. The van der Waals surface area contributed by atoms with E-state index in [1.54, 1.807) is 13.2 Å². The van der Waals surface area contributed by atoms with Gasteiger partial charge in [0.1, 0.15) is 6.10 Å². The lowest BCUT2D eigenvalue weighted by Crippen LogP contribution is -2.15. The van der Waals surface area contributed by atoms with Gasteiger partial charge in [0.25, 0.3) is 0 Å². The Morgan fingerprint density at radius 1 is 1.91 bits per heavy atom. The van der Waals surface area contributed by atoms with Crippen molar-refractivity contribution in [1.82, 2.24) is 10.3 Å². The molecule has 0 saturated carbocycles. The molecule has 0 amide bonds. The largest absolute Gasteiger partial charge is 0.386 e. The standard InChI is InChI=1S/C6H11N3OS/c1-8-2-4(10)5-3-9-6(7)11-5/h3-4,8,10H,2H2,1H3,(H2,7,9). The quantitative estimate of drug-likeness (QED) is 0.600. The molecule has 4 N–H and O–H groups in total. The maximum Gasteiger partial charge on any atom is 0.180 e. The molecule has 0 aromatic carbocycles. The lowest BCUT2D eigenvalue weighted by molar-refractivity contribution is 0.181. The molecule has 0 spiro atoms. The summed E-state index contributed by atoms with van der Waals surface area (Å²) in [6.07, 6.45) is 1.11. The number of nitrogen functional groups attached to an aromatic ring is 1. The molecule has 1 rings (SSSR count). The average Bonchev–Trinajstić information content (AvgIpc) is 2.36. The van der Waals surface area contributed by atoms with Crippen molar-refractivity contribution in [2.24, 2.45) is 0 Å². The van der Waals surface area contributed by atoms with Crippen LogP contribution in [0.3, 0.4) is 0 Å². The summed E-state index contributed by atoms with van der Waals surface area (Å²) in [7, 11) is 1.79. The summed E-state index contributed by atoms with van der Waals surface area (Å²) in [6, 6.07) is 0. The Kier molecular flexibility index (Phi) is 2.81. The molecule has 1 heterocycles. The summed E-state index contributed by atoms with van der Waals surface area (Å²) in [5, 5.41) is 12.7. The predicted octanol–water partition coefficient (Wildman–Crippen LogP) is -0.0219. The molecule has 0 aliphatic rings. The van der Waals surface area contributed by atoms with Crippen LogP contribution >= 0.6 is 11.3 Å². The van der Waals surface area contributed by atoms with Crippen molar-refractivity contribution in [3.05, 3.63) is 11.1 Å². The topological polar surface area (TPSA) is 71.2 Å². The highest BCUT2D eigenvalue weighted by molar-refractivity contribution is 7.15. The second-order valence-electron chi connectivity index (χ2n) is 2.17. The van der Waals surface area contributed by atoms with Crippen LogP contribution in [0.2, 0.25) is 0 Å². The van der Waals surface area contributed by atoms with Gasteiger partial charge < -0.3 is 16.2 Å². The van der Waals surface area contributed by atoms with Gasteiger partial charge in [-0.2, -0.15) is 0 Å². The van der Waals surface area contributed by atoms with Gasteiger partial charge in [-0.05, 0) is 7.05 Å². The zero-order valence-electron chi connectivity index (χ0n) is 6.24. The number of thiazole rings is 1. The second kappa shape index (κ2) is 3.66. The number of aromatic nitrogens is 1. The van der Waals surface area contributed by atoms with Crippen LogP contribution in [-0.2, 0) is 0 Å². The Morgan fingerprint density at radius 3 is 3.09 bits per heavy atom. The fraction of sp³-hybridized carbons (Fsp3) is 0.500. The number of anilines is 1. The number of nitrogens with one attached hydrogen (secondary N) is 1. The number of likely N-dealkylation sites (N-methyl/N-ethyl adjacent to an activating group) is 1. The fourth-order valence-electron chi connectivity index (χ4n) is 0.749. The molecule has 1 atom stereocenters. The van der Waals surface area contributed by atoms with Gasteiger partial charge in [0.2, 0.25) is 0 Å². The van der Waals surface area contributed by atoms with Gasteiger partial charge in [-0.25, -0.2) is 4.98 Å². The summed E-state index contributed by atoms with van der Waals surface area (Å²) < 4.78 is 0. The maximum absolute atomic E-state index is 9.39. The summed E-state index contributed by atoms with van der Waals surface area (Å²) in [4.78, 5) is 4.63. The Bertz CT molecular complexity index is 225. The monoisotopic (exact) mass is 173 g/mol. The third-order valence-corrected chi connectivity index (χ3v) is 2.20. The highest BCUT2D eigenvalue weighted by atomic mass is 32.1. The van der Waals surface area contributed by atoms with E-state index in [1.807, 2.05) is 0 Å². The van der Waals surface area contributed by atoms with Crippen molar-refractivity contribution in [3.63, 3.8) is 0 Å². The van der Waals surface area contributed by atoms with E-state index in [4.69, 9.17) is 5.73 Å². The molecule has 0 aliphatic carbocycles. The maximum atomic E-state index is 9.39.